The third kappa shape index (κ3) is 3.72. The van der Waals surface area contributed by atoms with E-state index >= 15 is 0 Å². The predicted molar refractivity (Wildman–Crippen MR) is 102 cm³/mol. The molecule has 2 aromatic rings. The van der Waals surface area contributed by atoms with Crippen LogP contribution in [0.15, 0.2) is 29.2 Å². The Morgan fingerprint density at radius 1 is 0.840 bits per heavy atom. The first-order valence-corrected chi connectivity index (χ1v) is 9.81. The second-order valence-corrected chi connectivity index (χ2v) is 8.22. The zero-order valence-corrected chi connectivity index (χ0v) is 16.8. The van der Waals surface area contributed by atoms with Crippen LogP contribution >= 0.6 is 0 Å². The van der Waals surface area contributed by atoms with Gasteiger partial charge in [0.1, 0.15) is 5.75 Å². The largest absolute Gasteiger partial charge is 0.497 e. The van der Waals surface area contributed by atoms with Gasteiger partial charge in [0.15, 0.2) is 0 Å². The number of methoxy groups -OCH3 is 1. The number of hydrogen-bond acceptors (Lipinski definition) is 3. The molecule has 4 nitrogen and oxygen atoms in total. The zero-order valence-electron chi connectivity index (χ0n) is 16.0. The van der Waals surface area contributed by atoms with E-state index < -0.39 is 10.0 Å². The van der Waals surface area contributed by atoms with E-state index in [4.69, 9.17) is 4.74 Å². The summed E-state index contributed by atoms with van der Waals surface area (Å²) in [4.78, 5) is 0.397. The van der Waals surface area contributed by atoms with Crippen LogP contribution in [0.2, 0.25) is 0 Å². The SMILES string of the molecule is COc1ccc(C(C)NS(=O)(=O)c2c(C)c(C)c(C)c(C)c2C)cc1. The van der Waals surface area contributed by atoms with Crippen LogP contribution in [-0.2, 0) is 10.0 Å². The van der Waals surface area contributed by atoms with Crippen molar-refractivity contribution in [3.8, 4) is 5.75 Å². The van der Waals surface area contributed by atoms with Crippen molar-refractivity contribution < 1.29 is 13.2 Å². The topological polar surface area (TPSA) is 55.4 Å². The van der Waals surface area contributed by atoms with E-state index in [1.54, 1.807) is 7.11 Å². The van der Waals surface area contributed by atoms with Crippen LogP contribution in [0, 0.1) is 34.6 Å². The fourth-order valence-corrected chi connectivity index (χ4v) is 4.95. The van der Waals surface area contributed by atoms with Gasteiger partial charge in [0, 0.05) is 6.04 Å². The summed E-state index contributed by atoms with van der Waals surface area (Å²) in [5.74, 6) is 0.746. The Kier molecular flexibility index (Phi) is 5.59. The van der Waals surface area contributed by atoms with E-state index in [0.29, 0.717) is 4.90 Å². The molecule has 0 aliphatic rings. The molecule has 0 aromatic heterocycles. The maximum atomic E-state index is 13.1. The first-order chi connectivity index (χ1) is 11.6. The average Bonchev–Trinajstić information content (AvgIpc) is 2.57. The number of rotatable bonds is 5. The first kappa shape index (κ1) is 19.5. The van der Waals surface area contributed by atoms with Crippen LogP contribution in [0.25, 0.3) is 0 Å². The lowest BCUT2D eigenvalue weighted by atomic mass is 9.95. The summed E-state index contributed by atoms with van der Waals surface area (Å²) in [7, 11) is -2.02. The second-order valence-electron chi connectivity index (χ2n) is 6.57. The van der Waals surface area contributed by atoms with Crippen molar-refractivity contribution in [1.82, 2.24) is 4.72 Å². The van der Waals surface area contributed by atoms with Crippen LogP contribution in [0.3, 0.4) is 0 Å². The molecule has 0 bridgehead atoms. The van der Waals surface area contributed by atoms with E-state index in [1.165, 1.54) is 0 Å². The summed E-state index contributed by atoms with van der Waals surface area (Å²) in [6.45, 7) is 11.6. The fraction of sp³-hybridized carbons (Fsp3) is 0.400. The van der Waals surface area contributed by atoms with E-state index in [2.05, 4.69) is 4.72 Å². The van der Waals surface area contributed by atoms with E-state index in [0.717, 1.165) is 39.1 Å². The monoisotopic (exact) mass is 361 g/mol. The molecule has 5 heteroatoms. The Morgan fingerprint density at radius 3 is 1.72 bits per heavy atom. The molecular formula is C20H27NO3S. The Bertz CT molecular complexity index is 855. The molecule has 0 saturated heterocycles. The van der Waals surface area contributed by atoms with E-state index in [-0.39, 0.29) is 6.04 Å². The molecule has 2 aromatic carbocycles. The van der Waals surface area contributed by atoms with Gasteiger partial charge in [-0.2, -0.15) is 0 Å². The number of benzene rings is 2. The normalized spacial score (nSPS) is 12.9. The second kappa shape index (κ2) is 7.18. The third-order valence-corrected chi connectivity index (χ3v) is 6.96. The van der Waals surface area contributed by atoms with Crippen molar-refractivity contribution in [3.05, 3.63) is 57.6 Å². The van der Waals surface area contributed by atoms with Crippen LogP contribution in [0.4, 0.5) is 0 Å². The highest BCUT2D eigenvalue weighted by Gasteiger charge is 2.25. The van der Waals surface area contributed by atoms with Gasteiger partial charge in [0.05, 0.1) is 12.0 Å². The molecule has 1 unspecified atom stereocenters. The van der Waals surface area contributed by atoms with Gasteiger partial charge in [-0.3, -0.25) is 0 Å². The number of nitrogens with one attached hydrogen (secondary N) is 1. The minimum absolute atomic E-state index is 0.336. The highest BCUT2D eigenvalue weighted by molar-refractivity contribution is 7.89. The van der Waals surface area contributed by atoms with Crippen LogP contribution in [0.1, 0.15) is 46.3 Å². The van der Waals surface area contributed by atoms with Gasteiger partial charge in [-0.05, 0) is 87.1 Å². The minimum atomic E-state index is -3.63. The van der Waals surface area contributed by atoms with Crippen LogP contribution in [0.5, 0.6) is 5.75 Å². The Morgan fingerprint density at radius 2 is 1.28 bits per heavy atom. The lowest BCUT2D eigenvalue weighted by Crippen LogP contribution is -2.28. The summed E-state index contributed by atoms with van der Waals surface area (Å²) in [5.41, 5.74) is 5.73. The van der Waals surface area contributed by atoms with Gasteiger partial charge < -0.3 is 4.74 Å². The van der Waals surface area contributed by atoms with E-state index in [1.807, 2.05) is 65.8 Å². The van der Waals surface area contributed by atoms with Crippen molar-refractivity contribution in [3.63, 3.8) is 0 Å². The molecule has 136 valence electrons. The summed E-state index contributed by atoms with van der Waals surface area (Å²) >= 11 is 0. The molecule has 25 heavy (non-hydrogen) atoms. The van der Waals surface area contributed by atoms with Crippen LogP contribution < -0.4 is 9.46 Å². The molecule has 0 spiro atoms. The van der Waals surface area contributed by atoms with Gasteiger partial charge in [-0.15, -0.1) is 0 Å². The minimum Gasteiger partial charge on any atom is -0.497 e. The highest BCUT2D eigenvalue weighted by atomic mass is 32.2. The first-order valence-electron chi connectivity index (χ1n) is 8.33. The highest BCUT2D eigenvalue weighted by Crippen LogP contribution is 2.30. The van der Waals surface area contributed by atoms with Gasteiger partial charge in [0.25, 0.3) is 0 Å². The summed E-state index contributed by atoms with van der Waals surface area (Å²) in [5, 5.41) is 0. The van der Waals surface area contributed by atoms with E-state index in [9.17, 15) is 8.42 Å². The molecule has 0 heterocycles. The van der Waals surface area contributed by atoms with Crippen LogP contribution in [-0.4, -0.2) is 15.5 Å². The average molecular weight is 362 g/mol. The van der Waals surface area contributed by atoms with Crippen molar-refractivity contribution in [1.29, 1.82) is 0 Å². The van der Waals surface area contributed by atoms with Crippen molar-refractivity contribution in [2.75, 3.05) is 7.11 Å². The summed E-state index contributed by atoms with van der Waals surface area (Å²) in [6, 6.07) is 7.07. The zero-order chi connectivity index (χ0) is 18.9. The Balaban J connectivity index is 2.42. The molecular weight excluding hydrogens is 334 g/mol. The molecule has 0 fully saturated rings. The maximum Gasteiger partial charge on any atom is 0.241 e. The quantitative estimate of drug-likeness (QED) is 0.865. The molecule has 0 aliphatic heterocycles. The molecule has 0 saturated carbocycles. The molecule has 1 N–H and O–H groups in total. The molecule has 1 atom stereocenters. The smallest absolute Gasteiger partial charge is 0.241 e. The Labute approximate surface area is 151 Å². The standard InChI is InChI=1S/C20H27NO3S/c1-12-13(2)15(4)20(16(5)14(12)3)25(22,23)21-17(6)18-8-10-19(24-7)11-9-18/h8-11,17,21H,1-7H3. The lowest BCUT2D eigenvalue weighted by molar-refractivity contribution is 0.414. The van der Waals surface area contributed by atoms with Gasteiger partial charge in [-0.1, -0.05) is 12.1 Å². The Hall–Kier alpha value is -1.85. The lowest BCUT2D eigenvalue weighted by Gasteiger charge is -2.21. The van der Waals surface area contributed by atoms with Crippen molar-refractivity contribution in [2.24, 2.45) is 0 Å². The maximum absolute atomic E-state index is 13.1. The molecule has 2 rings (SSSR count). The summed E-state index contributed by atoms with van der Waals surface area (Å²) in [6.07, 6.45) is 0. The van der Waals surface area contributed by atoms with Crippen molar-refractivity contribution in [2.45, 2.75) is 52.5 Å². The number of ether oxygens (including phenoxy) is 1. The fourth-order valence-electron chi connectivity index (χ4n) is 3.12. The summed E-state index contributed by atoms with van der Waals surface area (Å²) < 4.78 is 34.1. The number of hydrogen-bond donors (Lipinski definition) is 1. The predicted octanol–water partition coefficient (Wildman–Crippen LogP) is 4.28. The molecule has 0 radical (unpaired) electrons. The number of sulfonamides is 1. The van der Waals surface area contributed by atoms with Gasteiger partial charge in [0.2, 0.25) is 10.0 Å². The van der Waals surface area contributed by atoms with Gasteiger partial charge in [-0.25, -0.2) is 13.1 Å². The van der Waals surface area contributed by atoms with Gasteiger partial charge >= 0.3 is 0 Å². The third-order valence-electron chi connectivity index (χ3n) is 5.15. The van der Waals surface area contributed by atoms with Crippen molar-refractivity contribution >= 4 is 10.0 Å². The molecule has 0 aliphatic carbocycles. The molecule has 0 amide bonds.